The van der Waals surface area contributed by atoms with E-state index in [9.17, 15) is 9.59 Å². The molecule has 6 nitrogen and oxygen atoms in total. The predicted octanol–water partition coefficient (Wildman–Crippen LogP) is 4.56. The van der Waals surface area contributed by atoms with Crippen molar-refractivity contribution >= 4 is 36.6 Å². The molecule has 2 bridgehead atoms. The molecule has 0 radical (unpaired) electrons. The van der Waals surface area contributed by atoms with E-state index in [4.69, 9.17) is 0 Å². The van der Waals surface area contributed by atoms with Crippen LogP contribution < -0.4 is 10.6 Å². The molecule has 2 heterocycles. The molecule has 2 aliphatic heterocycles. The van der Waals surface area contributed by atoms with Crippen LogP contribution in [0.15, 0.2) is 11.1 Å². The fourth-order valence-electron chi connectivity index (χ4n) is 5.91. The second kappa shape index (κ2) is 14.8. The fourth-order valence-corrected chi connectivity index (χ4v) is 5.91. The highest BCUT2D eigenvalue weighted by atomic mass is 35.5. The molecule has 2 N–H and O–H groups in total. The zero-order chi connectivity index (χ0) is 24.0. The van der Waals surface area contributed by atoms with Crippen molar-refractivity contribution in [3.05, 3.63) is 11.1 Å². The van der Waals surface area contributed by atoms with Crippen LogP contribution in [0.5, 0.6) is 0 Å². The lowest BCUT2D eigenvalue weighted by Crippen LogP contribution is -2.44. The van der Waals surface area contributed by atoms with Gasteiger partial charge in [0.2, 0.25) is 11.8 Å². The molecule has 0 aromatic carbocycles. The third kappa shape index (κ3) is 9.21. The molecule has 0 aromatic heterocycles. The van der Waals surface area contributed by atoms with Gasteiger partial charge in [0.15, 0.2) is 0 Å². The number of rotatable bonds is 4. The minimum Gasteiger partial charge on any atom is -0.355 e. The van der Waals surface area contributed by atoms with Crippen LogP contribution in [0.1, 0.15) is 86.0 Å². The van der Waals surface area contributed by atoms with Gasteiger partial charge in [0.05, 0.1) is 6.04 Å². The van der Waals surface area contributed by atoms with E-state index in [2.05, 4.69) is 55.1 Å². The van der Waals surface area contributed by atoms with Crippen LogP contribution in [-0.4, -0.2) is 73.0 Å². The fraction of sp³-hybridized carbons (Fsp3) is 0.852. The summed E-state index contributed by atoms with van der Waals surface area (Å²) in [7, 11) is 0. The van der Waals surface area contributed by atoms with Gasteiger partial charge in [-0.1, -0.05) is 38.8 Å². The lowest BCUT2D eigenvalue weighted by Gasteiger charge is -2.38. The van der Waals surface area contributed by atoms with Gasteiger partial charge in [0.25, 0.3) is 0 Å². The lowest BCUT2D eigenvalue weighted by molar-refractivity contribution is -0.134. The Kier molecular flexibility index (Phi) is 13.6. The average Bonchev–Trinajstić information content (AvgIpc) is 3.21. The number of fused-ring (bicyclic) bond motifs is 2. The van der Waals surface area contributed by atoms with Crippen LogP contribution >= 0.6 is 24.8 Å². The highest BCUT2D eigenvalue weighted by molar-refractivity contribution is 5.85. The first-order valence-electron chi connectivity index (χ1n) is 13.4. The number of hydrogen-bond acceptors (Lipinski definition) is 4. The Bertz CT molecular complexity index is 726. The van der Waals surface area contributed by atoms with Gasteiger partial charge < -0.3 is 15.5 Å². The number of carbonyl (C=O) groups is 2. The Labute approximate surface area is 226 Å². The maximum atomic E-state index is 13.1. The molecule has 3 aliphatic rings. The summed E-state index contributed by atoms with van der Waals surface area (Å²) in [5.74, 6) is 0.676. The quantitative estimate of drug-likeness (QED) is 0.520. The summed E-state index contributed by atoms with van der Waals surface area (Å²) < 4.78 is 0. The summed E-state index contributed by atoms with van der Waals surface area (Å²) in [6.45, 7) is 16.7. The smallest absolute Gasteiger partial charge is 0.237 e. The topological polar surface area (TPSA) is 64.7 Å². The standard InChI is InChI=1S/C27H48N4O2.2ClH/c1-20(2)16-25(32)31-15-9-14-30(19-23-21(3)10-8-11-27(23,4)5)13-7-6-12-28-26(33)24-17-22(31)18-29-24;;/h20,22,24,29H,6-19H2,1-5H3,(H,28,33);2*1H/t22-,24-;;/m0../s1. The Morgan fingerprint density at radius 2 is 1.80 bits per heavy atom. The van der Waals surface area contributed by atoms with E-state index >= 15 is 0 Å². The monoisotopic (exact) mass is 532 g/mol. The van der Waals surface area contributed by atoms with E-state index in [0.29, 0.717) is 18.9 Å². The number of halogens is 2. The first-order chi connectivity index (χ1) is 15.7. The normalized spacial score (nSPS) is 26.5. The Balaban J connectivity index is 0.00000306. The molecule has 35 heavy (non-hydrogen) atoms. The third-order valence-corrected chi connectivity index (χ3v) is 7.91. The highest BCUT2D eigenvalue weighted by Gasteiger charge is 2.35. The van der Waals surface area contributed by atoms with Gasteiger partial charge in [-0.05, 0) is 69.7 Å². The summed E-state index contributed by atoms with van der Waals surface area (Å²) in [5.41, 5.74) is 3.48. The van der Waals surface area contributed by atoms with Crippen LogP contribution in [0.3, 0.4) is 0 Å². The molecular formula is C27H50Cl2N4O2. The molecule has 0 unspecified atom stereocenters. The lowest BCUT2D eigenvalue weighted by atomic mass is 9.72. The molecule has 2 fully saturated rings. The molecule has 8 heteroatoms. The van der Waals surface area contributed by atoms with E-state index in [-0.39, 0.29) is 54.1 Å². The van der Waals surface area contributed by atoms with Crippen LogP contribution in [0.4, 0.5) is 0 Å². The number of carbonyl (C=O) groups excluding carboxylic acids is 2. The van der Waals surface area contributed by atoms with Gasteiger partial charge in [0.1, 0.15) is 0 Å². The summed E-state index contributed by atoms with van der Waals surface area (Å²) >= 11 is 0. The summed E-state index contributed by atoms with van der Waals surface area (Å²) in [6, 6.07) is -0.0575. The number of allylic oxidation sites excluding steroid dienone is 1. The van der Waals surface area contributed by atoms with Crippen molar-refractivity contribution in [3.63, 3.8) is 0 Å². The van der Waals surface area contributed by atoms with Gasteiger partial charge in [-0.2, -0.15) is 0 Å². The van der Waals surface area contributed by atoms with Crippen molar-refractivity contribution in [2.45, 2.75) is 98.1 Å². The van der Waals surface area contributed by atoms with Gasteiger partial charge in [-0.15, -0.1) is 24.8 Å². The number of hydrogen-bond donors (Lipinski definition) is 2. The average molecular weight is 534 g/mol. The number of nitrogens with one attached hydrogen (secondary N) is 2. The maximum absolute atomic E-state index is 13.1. The molecule has 3 rings (SSSR count). The van der Waals surface area contributed by atoms with E-state index < -0.39 is 0 Å². The van der Waals surface area contributed by atoms with E-state index in [1.807, 2.05) is 0 Å². The maximum Gasteiger partial charge on any atom is 0.237 e. The van der Waals surface area contributed by atoms with Crippen molar-refractivity contribution in [2.75, 3.05) is 39.3 Å². The van der Waals surface area contributed by atoms with Crippen molar-refractivity contribution in [3.8, 4) is 0 Å². The van der Waals surface area contributed by atoms with Crippen LogP contribution in [0.25, 0.3) is 0 Å². The number of amides is 2. The molecule has 0 aromatic rings. The third-order valence-electron chi connectivity index (χ3n) is 7.91. The van der Waals surface area contributed by atoms with Crippen molar-refractivity contribution in [2.24, 2.45) is 11.3 Å². The van der Waals surface area contributed by atoms with Crippen LogP contribution in [0.2, 0.25) is 0 Å². The van der Waals surface area contributed by atoms with Crippen molar-refractivity contribution in [1.82, 2.24) is 20.4 Å². The first-order valence-corrected chi connectivity index (χ1v) is 13.4. The van der Waals surface area contributed by atoms with Crippen LogP contribution in [-0.2, 0) is 9.59 Å². The summed E-state index contributed by atoms with van der Waals surface area (Å²) in [4.78, 5) is 30.5. The molecular weight excluding hydrogens is 483 g/mol. The molecule has 2 atom stereocenters. The van der Waals surface area contributed by atoms with Gasteiger partial charge in [0, 0.05) is 45.2 Å². The molecule has 2 saturated heterocycles. The zero-order valence-corrected chi connectivity index (χ0v) is 24.3. The number of nitrogens with zero attached hydrogens (tertiary/aromatic N) is 2. The summed E-state index contributed by atoms with van der Waals surface area (Å²) in [5, 5.41) is 6.49. The van der Waals surface area contributed by atoms with E-state index in [1.54, 1.807) is 11.1 Å². The highest BCUT2D eigenvalue weighted by Crippen LogP contribution is 2.40. The molecule has 0 saturated carbocycles. The Morgan fingerprint density at radius 3 is 2.49 bits per heavy atom. The molecule has 0 spiro atoms. The van der Waals surface area contributed by atoms with Crippen molar-refractivity contribution < 1.29 is 9.59 Å². The first kappa shape index (κ1) is 32.2. The second-order valence-corrected chi connectivity index (χ2v) is 11.7. The van der Waals surface area contributed by atoms with E-state index in [0.717, 1.165) is 58.4 Å². The molecule has 2 amide bonds. The van der Waals surface area contributed by atoms with Gasteiger partial charge in [-0.25, -0.2) is 0 Å². The summed E-state index contributed by atoms with van der Waals surface area (Å²) in [6.07, 6.45) is 8.19. The van der Waals surface area contributed by atoms with Crippen LogP contribution in [0, 0.1) is 11.3 Å². The largest absolute Gasteiger partial charge is 0.355 e. The Morgan fingerprint density at radius 1 is 1.09 bits per heavy atom. The predicted molar refractivity (Wildman–Crippen MR) is 149 cm³/mol. The zero-order valence-electron chi connectivity index (χ0n) is 22.7. The minimum atomic E-state index is -0.174. The van der Waals surface area contributed by atoms with Crippen molar-refractivity contribution in [1.29, 1.82) is 0 Å². The minimum absolute atomic E-state index is 0. The molecule has 204 valence electrons. The Hall–Kier alpha value is -0.820. The van der Waals surface area contributed by atoms with Gasteiger partial charge in [-0.3, -0.25) is 14.5 Å². The van der Waals surface area contributed by atoms with E-state index in [1.165, 1.54) is 19.3 Å². The van der Waals surface area contributed by atoms with Gasteiger partial charge >= 0.3 is 0 Å². The SMILES string of the molecule is CC1=C(CN2CCCCNC(=O)[C@@H]3C[C@@H](CN3)N(C(=O)CC(C)C)CCC2)C(C)(C)CCC1.Cl.Cl. The molecule has 1 aliphatic carbocycles. The second-order valence-electron chi connectivity index (χ2n) is 11.7.